The molecule has 1 atom stereocenters. The van der Waals surface area contributed by atoms with E-state index in [0.29, 0.717) is 31.2 Å². The van der Waals surface area contributed by atoms with E-state index in [-0.39, 0.29) is 18.3 Å². The summed E-state index contributed by atoms with van der Waals surface area (Å²) in [4.78, 5) is 28.7. The molecule has 6 heteroatoms. The third-order valence-corrected chi connectivity index (χ3v) is 7.91. The van der Waals surface area contributed by atoms with Crippen molar-refractivity contribution in [1.29, 1.82) is 0 Å². The molecule has 0 fully saturated rings. The Morgan fingerprint density at radius 3 is 2.70 bits per heavy atom. The molecule has 0 bridgehead atoms. The Labute approximate surface area is 224 Å². The lowest BCUT2D eigenvalue weighted by Crippen LogP contribution is -2.41. The number of nitrogens with zero attached hydrogens (tertiary/aromatic N) is 1. The van der Waals surface area contributed by atoms with Gasteiger partial charge in [0.1, 0.15) is 5.75 Å². The summed E-state index contributed by atoms with van der Waals surface area (Å²) in [6.45, 7) is 4.92. The van der Waals surface area contributed by atoms with Crippen molar-refractivity contribution >= 4 is 23.2 Å². The molecule has 0 saturated carbocycles. The molecule has 0 aliphatic heterocycles. The van der Waals surface area contributed by atoms with Crippen LogP contribution in [0.15, 0.2) is 66.0 Å². The Balaban J connectivity index is 1.24. The number of hydrogen-bond donors (Lipinski definition) is 1. The molecule has 1 heterocycles. The molecule has 1 aliphatic carbocycles. The number of benzene rings is 2. The van der Waals surface area contributed by atoms with Gasteiger partial charge in [-0.1, -0.05) is 55.5 Å². The minimum Gasteiger partial charge on any atom is -0.426 e. The Morgan fingerprint density at radius 1 is 1.05 bits per heavy atom. The Morgan fingerprint density at radius 2 is 1.92 bits per heavy atom. The van der Waals surface area contributed by atoms with Crippen LogP contribution in [0.25, 0.3) is 0 Å². The Hall–Kier alpha value is -2.96. The van der Waals surface area contributed by atoms with Crippen LogP contribution in [0.2, 0.25) is 0 Å². The van der Waals surface area contributed by atoms with Gasteiger partial charge in [0.25, 0.3) is 0 Å². The average Bonchev–Trinajstić information content (AvgIpc) is 3.43. The van der Waals surface area contributed by atoms with E-state index in [9.17, 15) is 9.59 Å². The van der Waals surface area contributed by atoms with Crippen molar-refractivity contribution in [3.63, 3.8) is 0 Å². The number of carbonyl (C=O) groups excluding carboxylic acids is 2. The number of ether oxygens (including phenoxy) is 1. The highest BCUT2D eigenvalue weighted by Gasteiger charge is 2.26. The van der Waals surface area contributed by atoms with E-state index in [1.54, 1.807) is 0 Å². The summed E-state index contributed by atoms with van der Waals surface area (Å²) >= 11 is 1.84. The van der Waals surface area contributed by atoms with Crippen LogP contribution in [0.4, 0.5) is 0 Å². The molecular formula is C31H38N2O3S. The van der Waals surface area contributed by atoms with Crippen LogP contribution in [-0.2, 0) is 35.3 Å². The number of nitrogens with one attached hydrogen (secondary N) is 1. The smallest absolute Gasteiger partial charge is 0.311 e. The van der Waals surface area contributed by atoms with Gasteiger partial charge >= 0.3 is 5.97 Å². The summed E-state index contributed by atoms with van der Waals surface area (Å²) in [7, 11) is 0. The first-order valence-electron chi connectivity index (χ1n) is 13.5. The molecule has 196 valence electrons. The summed E-state index contributed by atoms with van der Waals surface area (Å²) in [5.41, 5.74) is 3.46. The van der Waals surface area contributed by atoms with Crippen molar-refractivity contribution in [2.75, 3.05) is 19.6 Å². The maximum Gasteiger partial charge on any atom is 0.311 e. The summed E-state index contributed by atoms with van der Waals surface area (Å²) in [6, 6.07) is 20.6. The van der Waals surface area contributed by atoms with Crippen molar-refractivity contribution in [2.24, 2.45) is 0 Å². The molecule has 0 saturated heterocycles. The first kappa shape index (κ1) is 27.1. The van der Waals surface area contributed by atoms with E-state index in [1.807, 2.05) is 53.8 Å². The first-order chi connectivity index (χ1) is 18.1. The van der Waals surface area contributed by atoms with E-state index in [0.717, 1.165) is 50.8 Å². The average molecular weight is 519 g/mol. The number of rotatable bonds is 13. The molecule has 2 aromatic carbocycles. The Bertz CT molecular complexity index is 1130. The molecule has 1 amide bonds. The minimum absolute atomic E-state index is 0.0289. The van der Waals surface area contributed by atoms with Gasteiger partial charge in [-0.25, -0.2) is 0 Å². The number of fused-ring (bicyclic) bond motifs is 1. The highest BCUT2D eigenvalue weighted by molar-refractivity contribution is 7.09. The van der Waals surface area contributed by atoms with Crippen LogP contribution < -0.4 is 10.1 Å². The fourth-order valence-electron chi connectivity index (χ4n) is 5.11. The summed E-state index contributed by atoms with van der Waals surface area (Å²) in [5, 5.41) is 5.05. The van der Waals surface area contributed by atoms with Crippen molar-refractivity contribution in [2.45, 2.75) is 64.3 Å². The largest absolute Gasteiger partial charge is 0.426 e. The molecule has 0 radical (unpaired) electrons. The standard InChI is InChI=1S/C31H38N2O3S/c1-2-19-33(20-17-27-12-8-21-37-27)26-15-16-28-25(23-26)11-6-13-29(28)36-31(35)14-7-18-32-30(34)22-24-9-4-3-5-10-24/h3-6,8-13,21,26H,2,7,14-20,22-23H2,1H3,(H,32,34). The van der Waals surface area contributed by atoms with Crippen LogP contribution in [0.1, 0.15) is 54.2 Å². The molecule has 4 rings (SSSR count). The maximum atomic E-state index is 12.5. The van der Waals surface area contributed by atoms with E-state index in [2.05, 4.69) is 40.7 Å². The zero-order valence-corrected chi connectivity index (χ0v) is 22.6. The lowest BCUT2D eigenvalue weighted by atomic mass is 9.86. The number of carbonyl (C=O) groups is 2. The van der Waals surface area contributed by atoms with Gasteiger partial charge in [-0.3, -0.25) is 14.5 Å². The summed E-state index contributed by atoms with van der Waals surface area (Å²) in [5.74, 6) is 0.435. The predicted molar refractivity (Wildman–Crippen MR) is 150 cm³/mol. The van der Waals surface area contributed by atoms with E-state index >= 15 is 0 Å². The van der Waals surface area contributed by atoms with Crippen LogP contribution in [0.5, 0.6) is 5.75 Å². The van der Waals surface area contributed by atoms with Crippen LogP contribution in [0.3, 0.4) is 0 Å². The predicted octanol–water partition coefficient (Wildman–Crippen LogP) is 5.60. The fourth-order valence-corrected chi connectivity index (χ4v) is 5.81. The minimum atomic E-state index is -0.239. The van der Waals surface area contributed by atoms with Gasteiger partial charge in [0, 0.05) is 30.4 Å². The molecule has 37 heavy (non-hydrogen) atoms. The van der Waals surface area contributed by atoms with Gasteiger partial charge < -0.3 is 10.1 Å². The van der Waals surface area contributed by atoms with E-state index in [4.69, 9.17) is 4.74 Å². The third kappa shape index (κ3) is 8.27. The van der Waals surface area contributed by atoms with Crippen molar-refractivity contribution in [3.8, 4) is 5.75 Å². The van der Waals surface area contributed by atoms with E-state index in [1.165, 1.54) is 16.0 Å². The van der Waals surface area contributed by atoms with Crippen LogP contribution in [0, 0.1) is 0 Å². The molecular weight excluding hydrogens is 480 g/mol. The molecule has 1 aliphatic rings. The third-order valence-electron chi connectivity index (χ3n) is 6.98. The second kappa shape index (κ2) is 14.1. The van der Waals surface area contributed by atoms with Gasteiger partial charge in [-0.05, 0) is 79.3 Å². The van der Waals surface area contributed by atoms with Crippen molar-refractivity contribution in [3.05, 3.63) is 87.6 Å². The number of hydrogen-bond acceptors (Lipinski definition) is 5. The highest BCUT2D eigenvalue weighted by atomic mass is 32.1. The van der Waals surface area contributed by atoms with Gasteiger partial charge in [-0.15, -0.1) is 11.3 Å². The van der Waals surface area contributed by atoms with E-state index < -0.39 is 0 Å². The number of esters is 1. The zero-order valence-electron chi connectivity index (χ0n) is 21.8. The molecule has 0 spiro atoms. The number of thiophene rings is 1. The lowest BCUT2D eigenvalue weighted by molar-refractivity contribution is -0.134. The van der Waals surface area contributed by atoms with Crippen LogP contribution >= 0.6 is 11.3 Å². The van der Waals surface area contributed by atoms with Crippen LogP contribution in [-0.4, -0.2) is 42.5 Å². The quantitative estimate of drug-likeness (QED) is 0.182. The van der Waals surface area contributed by atoms with Gasteiger partial charge in [0.15, 0.2) is 0 Å². The molecule has 1 unspecified atom stereocenters. The molecule has 1 N–H and O–H groups in total. The highest BCUT2D eigenvalue weighted by Crippen LogP contribution is 2.32. The number of amides is 1. The molecule has 5 nitrogen and oxygen atoms in total. The fraction of sp³-hybridized carbons (Fsp3) is 0.419. The van der Waals surface area contributed by atoms with Gasteiger partial charge in [0.2, 0.25) is 5.91 Å². The zero-order chi connectivity index (χ0) is 25.9. The van der Waals surface area contributed by atoms with Crippen molar-refractivity contribution in [1.82, 2.24) is 10.2 Å². The lowest BCUT2D eigenvalue weighted by Gasteiger charge is -2.35. The first-order valence-corrected chi connectivity index (χ1v) is 14.4. The second-order valence-electron chi connectivity index (χ2n) is 9.75. The van der Waals surface area contributed by atoms with Gasteiger partial charge in [0.05, 0.1) is 6.42 Å². The SMILES string of the molecule is CCCN(CCc1cccs1)C1CCc2c(cccc2OC(=O)CCCNC(=O)Cc2ccccc2)C1. The van der Waals surface area contributed by atoms with Crippen molar-refractivity contribution < 1.29 is 14.3 Å². The van der Waals surface area contributed by atoms with Gasteiger partial charge in [-0.2, -0.15) is 0 Å². The summed E-state index contributed by atoms with van der Waals surface area (Å²) < 4.78 is 5.79. The maximum absolute atomic E-state index is 12.5. The summed E-state index contributed by atoms with van der Waals surface area (Å²) in [6.07, 6.45) is 6.46. The normalized spacial score (nSPS) is 14.8. The topological polar surface area (TPSA) is 58.6 Å². The Kier molecular flexibility index (Phi) is 10.3. The second-order valence-corrected chi connectivity index (χ2v) is 10.8. The monoisotopic (exact) mass is 518 g/mol. The molecule has 1 aromatic heterocycles. The molecule has 3 aromatic rings.